The molecule has 5 nitrogen and oxygen atoms in total. The fraction of sp³-hybridized carbons (Fsp3) is 0.389. The van der Waals surface area contributed by atoms with E-state index in [-0.39, 0.29) is 53.0 Å². The molecule has 0 N–H and O–H groups in total. The third kappa shape index (κ3) is 5.35. The number of amides is 1. The summed E-state index contributed by atoms with van der Waals surface area (Å²) in [6.07, 6.45) is -8.00. The summed E-state index contributed by atoms with van der Waals surface area (Å²) in [6.45, 7) is -0.351. The number of nitrogens with zero attached hydrogens (tertiary/aromatic N) is 3. The molecule has 168 valence electrons. The molecule has 0 atom stereocenters. The number of hydrogen-bond donors (Lipinski definition) is 0. The number of rotatable bonds is 3. The van der Waals surface area contributed by atoms with Crippen molar-refractivity contribution in [1.29, 1.82) is 0 Å². The molecule has 31 heavy (non-hydrogen) atoms. The van der Waals surface area contributed by atoms with Crippen molar-refractivity contribution in [3.05, 3.63) is 45.6 Å². The van der Waals surface area contributed by atoms with Crippen LogP contribution in [0.3, 0.4) is 0 Å². The van der Waals surface area contributed by atoms with Crippen molar-refractivity contribution in [2.24, 2.45) is 0 Å². The minimum Gasteiger partial charge on any atom is -0.477 e. The van der Waals surface area contributed by atoms with Crippen molar-refractivity contribution in [2.75, 3.05) is 19.4 Å². The number of aromatic nitrogens is 2. The summed E-state index contributed by atoms with van der Waals surface area (Å²) >= 11 is 7.25. The largest absolute Gasteiger partial charge is 0.477 e. The highest BCUT2D eigenvalue weighted by molar-refractivity contribution is 7.98. The van der Waals surface area contributed by atoms with Gasteiger partial charge in [0.05, 0.1) is 17.7 Å². The SMILES string of the molecule is CSc1nc(Cl)c2c(n1)OCCCN(Cc1cc(C(F)(F)F)cc(C(F)(F)F)c1)C2=O. The molecule has 1 aliphatic rings. The second-order valence-electron chi connectivity index (χ2n) is 6.52. The molecule has 3 rings (SSSR count). The van der Waals surface area contributed by atoms with Crippen molar-refractivity contribution >= 4 is 29.3 Å². The quantitative estimate of drug-likeness (QED) is 0.255. The number of thioether (sulfide) groups is 1. The van der Waals surface area contributed by atoms with Gasteiger partial charge in [-0.15, -0.1) is 0 Å². The number of fused-ring (bicyclic) bond motifs is 1. The molecule has 0 saturated carbocycles. The first-order chi connectivity index (χ1) is 14.4. The van der Waals surface area contributed by atoms with Gasteiger partial charge in [0.25, 0.3) is 5.91 Å². The van der Waals surface area contributed by atoms with Crippen molar-refractivity contribution in [3.63, 3.8) is 0 Å². The molecule has 0 aliphatic carbocycles. The predicted octanol–water partition coefficient (Wildman–Crippen LogP) is 5.31. The van der Waals surface area contributed by atoms with Gasteiger partial charge in [-0.25, -0.2) is 4.98 Å². The first kappa shape index (κ1) is 23.5. The van der Waals surface area contributed by atoms with E-state index in [4.69, 9.17) is 16.3 Å². The number of hydrogen-bond acceptors (Lipinski definition) is 5. The van der Waals surface area contributed by atoms with Crippen molar-refractivity contribution < 1.29 is 35.9 Å². The first-order valence-electron chi connectivity index (χ1n) is 8.72. The molecule has 2 aromatic rings. The highest BCUT2D eigenvalue weighted by atomic mass is 35.5. The zero-order valence-electron chi connectivity index (χ0n) is 15.8. The fourth-order valence-corrected chi connectivity index (χ4v) is 3.59. The van der Waals surface area contributed by atoms with Crippen LogP contribution in [0.15, 0.2) is 23.4 Å². The molecule has 1 aromatic heterocycles. The molecule has 0 spiro atoms. The highest BCUT2D eigenvalue weighted by Crippen LogP contribution is 2.37. The Labute approximate surface area is 181 Å². The number of benzene rings is 1. The Hall–Kier alpha value is -2.21. The lowest BCUT2D eigenvalue weighted by Gasteiger charge is -2.27. The Kier molecular flexibility index (Phi) is 6.61. The van der Waals surface area contributed by atoms with Crippen LogP contribution in [0.5, 0.6) is 5.88 Å². The van der Waals surface area contributed by atoms with Crippen molar-refractivity contribution in [2.45, 2.75) is 30.5 Å². The Balaban J connectivity index is 2.01. The number of carbonyl (C=O) groups excluding carboxylic acids is 1. The van der Waals surface area contributed by atoms with Gasteiger partial charge in [0.15, 0.2) is 5.16 Å². The van der Waals surface area contributed by atoms with Crippen LogP contribution >= 0.6 is 23.4 Å². The maximum Gasteiger partial charge on any atom is 0.416 e. The number of carbonyl (C=O) groups is 1. The summed E-state index contributed by atoms with van der Waals surface area (Å²) in [4.78, 5) is 22.1. The summed E-state index contributed by atoms with van der Waals surface area (Å²) in [5, 5.41) is 0.0302. The lowest BCUT2D eigenvalue weighted by Crippen LogP contribution is -2.35. The fourth-order valence-electron chi connectivity index (χ4n) is 2.94. The van der Waals surface area contributed by atoms with E-state index in [1.54, 1.807) is 6.26 Å². The van der Waals surface area contributed by atoms with Crippen LogP contribution in [0, 0.1) is 0 Å². The Morgan fingerprint density at radius 1 is 1.10 bits per heavy atom. The molecule has 1 amide bonds. The maximum atomic E-state index is 13.1. The summed E-state index contributed by atoms with van der Waals surface area (Å²) in [6, 6.07) is 1.22. The van der Waals surface area contributed by atoms with Gasteiger partial charge < -0.3 is 9.64 Å². The molecule has 2 heterocycles. The van der Waals surface area contributed by atoms with E-state index in [0.29, 0.717) is 12.1 Å². The van der Waals surface area contributed by atoms with E-state index in [9.17, 15) is 31.1 Å². The van der Waals surface area contributed by atoms with Gasteiger partial charge in [0.2, 0.25) is 5.88 Å². The van der Waals surface area contributed by atoms with Crippen molar-refractivity contribution in [3.8, 4) is 5.88 Å². The zero-order valence-corrected chi connectivity index (χ0v) is 17.3. The maximum absolute atomic E-state index is 13.1. The molecule has 13 heteroatoms. The van der Waals surface area contributed by atoms with Crippen LogP contribution in [-0.2, 0) is 18.9 Å². The zero-order chi connectivity index (χ0) is 23.0. The Morgan fingerprint density at radius 3 is 2.26 bits per heavy atom. The Morgan fingerprint density at radius 2 is 1.71 bits per heavy atom. The highest BCUT2D eigenvalue weighted by Gasteiger charge is 2.37. The van der Waals surface area contributed by atoms with Gasteiger partial charge in [-0.1, -0.05) is 23.4 Å². The topological polar surface area (TPSA) is 55.3 Å². The smallest absolute Gasteiger partial charge is 0.416 e. The van der Waals surface area contributed by atoms with E-state index >= 15 is 0 Å². The molecule has 0 saturated heterocycles. The average Bonchev–Trinajstić information content (AvgIpc) is 2.66. The van der Waals surface area contributed by atoms with Gasteiger partial charge in [-0.3, -0.25) is 4.79 Å². The first-order valence-corrected chi connectivity index (χ1v) is 10.3. The monoisotopic (exact) mass is 485 g/mol. The summed E-state index contributed by atoms with van der Waals surface area (Å²) in [5.41, 5.74) is -3.42. The van der Waals surface area contributed by atoms with E-state index in [0.717, 1.165) is 16.7 Å². The summed E-state index contributed by atoms with van der Waals surface area (Å²) in [7, 11) is 0. The molecule has 1 aliphatic heterocycles. The van der Waals surface area contributed by atoms with E-state index in [2.05, 4.69) is 9.97 Å². The minimum absolute atomic E-state index is 0.0243. The van der Waals surface area contributed by atoms with Crippen LogP contribution in [0.2, 0.25) is 5.15 Å². The minimum atomic E-state index is -4.98. The van der Waals surface area contributed by atoms with Crippen LogP contribution in [0.4, 0.5) is 26.3 Å². The summed E-state index contributed by atoms with van der Waals surface area (Å²) < 4.78 is 84.2. The molecule has 0 radical (unpaired) electrons. The number of ether oxygens (including phenoxy) is 1. The van der Waals surface area contributed by atoms with Crippen LogP contribution in [-0.4, -0.2) is 40.2 Å². The molecular weight excluding hydrogens is 472 g/mol. The van der Waals surface area contributed by atoms with Gasteiger partial charge in [-0.2, -0.15) is 31.3 Å². The van der Waals surface area contributed by atoms with Crippen molar-refractivity contribution in [1.82, 2.24) is 14.9 Å². The normalized spacial score (nSPS) is 15.2. The van der Waals surface area contributed by atoms with Crippen LogP contribution in [0.25, 0.3) is 0 Å². The van der Waals surface area contributed by atoms with E-state index < -0.39 is 35.9 Å². The second kappa shape index (κ2) is 8.73. The van der Waals surface area contributed by atoms with Crippen LogP contribution in [0.1, 0.15) is 33.5 Å². The molecule has 0 bridgehead atoms. The lowest BCUT2D eigenvalue weighted by atomic mass is 10.0. The number of alkyl halides is 6. The third-order valence-corrected chi connectivity index (χ3v) is 5.15. The standard InChI is InChI=1S/C18H14ClF6N3O2S/c1-31-16-26-13(19)12-14(27-16)30-4-2-3-28(15(12)29)8-9-5-10(17(20,21)22)7-11(6-9)18(23,24)25/h5-7H,2-4,8H2,1H3. The Bertz CT molecular complexity index is 967. The third-order valence-electron chi connectivity index (χ3n) is 4.33. The molecule has 0 fully saturated rings. The second-order valence-corrected chi connectivity index (χ2v) is 7.66. The van der Waals surface area contributed by atoms with Gasteiger partial charge in [0, 0.05) is 13.1 Å². The molecule has 1 aromatic carbocycles. The lowest BCUT2D eigenvalue weighted by molar-refractivity contribution is -0.143. The number of halogens is 7. The molecule has 0 unspecified atom stereocenters. The van der Waals surface area contributed by atoms with E-state index in [1.807, 2.05) is 0 Å². The molecular formula is C18H14ClF6N3O2S. The summed E-state index contributed by atoms with van der Waals surface area (Å²) in [5.74, 6) is -0.836. The van der Waals surface area contributed by atoms with E-state index in [1.165, 1.54) is 0 Å². The van der Waals surface area contributed by atoms with Gasteiger partial charge in [-0.05, 0) is 36.4 Å². The van der Waals surface area contributed by atoms with Gasteiger partial charge >= 0.3 is 12.4 Å². The average molecular weight is 486 g/mol. The van der Waals surface area contributed by atoms with Crippen LogP contribution < -0.4 is 4.74 Å². The predicted molar refractivity (Wildman–Crippen MR) is 100 cm³/mol. The van der Waals surface area contributed by atoms with Gasteiger partial charge in [0.1, 0.15) is 10.7 Å².